The average Bonchev–Trinajstić information content (AvgIpc) is 3.41. The van der Waals surface area contributed by atoms with E-state index in [1.807, 2.05) is 18.2 Å². The minimum atomic E-state index is -1.62. The van der Waals surface area contributed by atoms with E-state index < -0.39 is 35.1 Å². The molecule has 27 heavy (non-hydrogen) atoms. The number of amides is 1. The Hall–Kier alpha value is -2.61. The normalized spacial score (nSPS) is 15.0. The first kappa shape index (κ1) is 17.8. The van der Waals surface area contributed by atoms with Crippen molar-refractivity contribution < 1.29 is 18.0 Å². The highest BCUT2D eigenvalue weighted by Crippen LogP contribution is 2.43. The van der Waals surface area contributed by atoms with Crippen molar-refractivity contribution in [2.24, 2.45) is 0 Å². The number of hydrogen-bond acceptors (Lipinski definition) is 4. The number of benzene rings is 2. The fourth-order valence-corrected chi connectivity index (χ4v) is 3.89. The summed E-state index contributed by atoms with van der Waals surface area (Å²) in [5, 5.41) is 6.44. The lowest BCUT2D eigenvalue weighted by atomic mass is 10.2. The highest BCUT2D eigenvalue weighted by Gasteiger charge is 2.27. The molecule has 1 aliphatic rings. The Morgan fingerprint density at radius 2 is 1.96 bits per heavy atom. The fourth-order valence-electron chi connectivity index (χ4n) is 2.72. The third kappa shape index (κ3) is 3.62. The standard InChI is InChI=1S/C19H16F3N3OS/c1-9(18(26)24-14-7-5-12(20)16(21)17(14)22)23-11-4-6-13-15(8-11)27-19(25-13)10-2-3-10/h4-10,23H,2-3H2,1H3,(H,24,26)/t9-/m1/s1. The van der Waals surface area contributed by atoms with Crippen LogP contribution in [0, 0.1) is 17.5 Å². The molecule has 3 aromatic rings. The van der Waals surface area contributed by atoms with Crippen molar-refractivity contribution >= 4 is 38.8 Å². The van der Waals surface area contributed by atoms with Gasteiger partial charge in [-0.05, 0) is 50.1 Å². The van der Waals surface area contributed by atoms with E-state index in [1.165, 1.54) is 12.8 Å². The van der Waals surface area contributed by atoms with Crippen molar-refractivity contribution in [1.29, 1.82) is 0 Å². The minimum Gasteiger partial charge on any atom is -0.374 e. The number of carbonyl (C=O) groups excluding carboxylic acids is 1. The van der Waals surface area contributed by atoms with Crippen LogP contribution in [0.1, 0.15) is 30.7 Å². The zero-order valence-electron chi connectivity index (χ0n) is 14.4. The number of fused-ring (bicyclic) bond motifs is 1. The maximum absolute atomic E-state index is 13.7. The molecule has 1 fully saturated rings. The van der Waals surface area contributed by atoms with Gasteiger partial charge in [0.05, 0.1) is 20.9 Å². The van der Waals surface area contributed by atoms with Crippen LogP contribution in [0.25, 0.3) is 10.2 Å². The maximum atomic E-state index is 13.7. The fraction of sp³-hybridized carbons (Fsp3) is 0.263. The number of thiazole rings is 1. The predicted octanol–water partition coefficient (Wildman–Crippen LogP) is 5.03. The zero-order valence-corrected chi connectivity index (χ0v) is 15.2. The van der Waals surface area contributed by atoms with E-state index in [2.05, 4.69) is 15.6 Å². The van der Waals surface area contributed by atoms with Crippen LogP contribution in [0.2, 0.25) is 0 Å². The smallest absolute Gasteiger partial charge is 0.246 e. The Bertz CT molecular complexity index is 1030. The maximum Gasteiger partial charge on any atom is 0.246 e. The molecule has 1 heterocycles. The quantitative estimate of drug-likeness (QED) is 0.600. The molecule has 0 bridgehead atoms. The number of halogens is 3. The van der Waals surface area contributed by atoms with Gasteiger partial charge >= 0.3 is 0 Å². The Labute approximate surface area is 157 Å². The van der Waals surface area contributed by atoms with Crippen molar-refractivity contribution in [2.45, 2.75) is 31.7 Å². The number of carbonyl (C=O) groups is 1. The zero-order chi connectivity index (χ0) is 19.1. The van der Waals surface area contributed by atoms with Crippen LogP contribution in [-0.2, 0) is 4.79 Å². The van der Waals surface area contributed by atoms with Gasteiger partial charge in [-0.25, -0.2) is 18.2 Å². The SMILES string of the molecule is C[C@@H](Nc1ccc2nc(C3CC3)sc2c1)C(=O)Nc1ccc(F)c(F)c1F. The molecule has 0 aliphatic heterocycles. The molecule has 1 amide bonds. The first-order valence-electron chi connectivity index (χ1n) is 8.54. The Balaban J connectivity index is 1.46. The second kappa shape index (κ2) is 6.84. The van der Waals surface area contributed by atoms with Crippen molar-refractivity contribution in [3.05, 3.63) is 52.8 Å². The van der Waals surface area contributed by atoms with Gasteiger partial charge in [0.1, 0.15) is 6.04 Å². The third-order valence-electron chi connectivity index (χ3n) is 4.40. The summed E-state index contributed by atoms with van der Waals surface area (Å²) in [6, 6.07) is 6.66. The summed E-state index contributed by atoms with van der Waals surface area (Å²) >= 11 is 1.65. The monoisotopic (exact) mass is 391 g/mol. The summed E-state index contributed by atoms with van der Waals surface area (Å²) < 4.78 is 41.0. The van der Waals surface area contributed by atoms with E-state index in [1.54, 1.807) is 18.3 Å². The molecule has 0 saturated heterocycles. The van der Waals surface area contributed by atoms with Crippen LogP contribution >= 0.6 is 11.3 Å². The number of hydrogen-bond donors (Lipinski definition) is 2. The van der Waals surface area contributed by atoms with Crippen LogP contribution in [0.15, 0.2) is 30.3 Å². The van der Waals surface area contributed by atoms with E-state index in [0.29, 0.717) is 5.92 Å². The van der Waals surface area contributed by atoms with Crippen LogP contribution in [-0.4, -0.2) is 16.9 Å². The van der Waals surface area contributed by atoms with Crippen LogP contribution < -0.4 is 10.6 Å². The number of rotatable bonds is 5. The first-order chi connectivity index (χ1) is 12.9. The topological polar surface area (TPSA) is 54.0 Å². The second-order valence-electron chi connectivity index (χ2n) is 6.59. The molecule has 8 heteroatoms. The molecule has 0 unspecified atom stereocenters. The molecule has 2 N–H and O–H groups in total. The molecule has 4 rings (SSSR count). The Kier molecular flexibility index (Phi) is 4.51. The summed E-state index contributed by atoms with van der Waals surface area (Å²) in [5.74, 6) is -4.33. The molecule has 4 nitrogen and oxygen atoms in total. The van der Waals surface area contributed by atoms with Crippen molar-refractivity contribution in [3.8, 4) is 0 Å². The molecule has 1 aliphatic carbocycles. The third-order valence-corrected chi connectivity index (χ3v) is 5.58. The van der Waals surface area contributed by atoms with E-state index in [0.717, 1.165) is 33.0 Å². The summed E-state index contributed by atoms with van der Waals surface area (Å²) in [5.41, 5.74) is 1.25. The average molecular weight is 391 g/mol. The first-order valence-corrected chi connectivity index (χ1v) is 9.35. The highest BCUT2D eigenvalue weighted by molar-refractivity contribution is 7.18. The number of nitrogens with one attached hydrogen (secondary N) is 2. The van der Waals surface area contributed by atoms with E-state index in [4.69, 9.17) is 0 Å². The molecule has 1 saturated carbocycles. The molecule has 1 aromatic heterocycles. The van der Waals surface area contributed by atoms with Crippen molar-refractivity contribution in [3.63, 3.8) is 0 Å². The number of aromatic nitrogens is 1. The molecule has 0 spiro atoms. The highest BCUT2D eigenvalue weighted by atomic mass is 32.1. The summed E-state index contributed by atoms with van der Waals surface area (Å²) in [6.45, 7) is 1.60. The van der Waals surface area contributed by atoms with E-state index in [9.17, 15) is 18.0 Å². The lowest BCUT2D eigenvalue weighted by Crippen LogP contribution is -2.32. The molecular weight excluding hydrogens is 375 g/mol. The molecule has 1 atom stereocenters. The molecule has 2 aromatic carbocycles. The van der Waals surface area contributed by atoms with Crippen LogP contribution in [0.4, 0.5) is 24.5 Å². The lowest BCUT2D eigenvalue weighted by Gasteiger charge is -2.16. The van der Waals surface area contributed by atoms with Crippen molar-refractivity contribution in [2.75, 3.05) is 10.6 Å². The van der Waals surface area contributed by atoms with Gasteiger partial charge in [-0.3, -0.25) is 4.79 Å². The van der Waals surface area contributed by atoms with Crippen LogP contribution in [0.5, 0.6) is 0 Å². The molecule has 140 valence electrons. The summed E-state index contributed by atoms with van der Waals surface area (Å²) in [7, 11) is 0. The predicted molar refractivity (Wildman–Crippen MR) is 99.6 cm³/mol. The number of nitrogens with zero attached hydrogens (tertiary/aromatic N) is 1. The lowest BCUT2D eigenvalue weighted by molar-refractivity contribution is -0.116. The van der Waals surface area contributed by atoms with Gasteiger partial charge in [0.2, 0.25) is 5.91 Å². The van der Waals surface area contributed by atoms with E-state index >= 15 is 0 Å². The largest absolute Gasteiger partial charge is 0.374 e. The van der Waals surface area contributed by atoms with Crippen LogP contribution in [0.3, 0.4) is 0 Å². The van der Waals surface area contributed by atoms with E-state index in [-0.39, 0.29) is 0 Å². The summed E-state index contributed by atoms with van der Waals surface area (Å²) in [4.78, 5) is 16.9. The molecule has 0 radical (unpaired) electrons. The van der Waals surface area contributed by atoms with Gasteiger partial charge in [0.15, 0.2) is 17.5 Å². The Morgan fingerprint density at radius 3 is 2.70 bits per heavy atom. The minimum absolute atomic E-state index is 0.403. The van der Waals surface area contributed by atoms with Crippen molar-refractivity contribution in [1.82, 2.24) is 4.98 Å². The second-order valence-corrected chi connectivity index (χ2v) is 7.65. The van der Waals surface area contributed by atoms with Gasteiger partial charge in [0.25, 0.3) is 0 Å². The van der Waals surface area contributed by atoms with Gasteiger partial charge in [-0.1, -0.05) is 0 Å². The summed E-state index contributed by atoms with van der Waals surface area (Å²) in [6.07, 6.45) is 2.37. The van der Waals surface area contributed by atoms with Gasteiger partial charge in [-0.2, -0.15) is 0 Å². The number of anilines is 2. The van der Waals surface area contributed by atoms with Gasteiger partial charge in [-0.15, -0.1) is 11.3 Å². The molecular formula is C19H16F3N3OS. The van der Waals surface area contributed by atoms with Gasteiger partial charge in [0, 0.05) is 11.6 Å². The van der Waals surface area contributed by atoms with Gasteiger partial charge < -0.3 is 10.6 Å². The Morgan fingerprint density at radius 1 is 1.19 bits per heavy atom.